The lowest BCUT2D eigenvalue weighted by Gasteiger charge is -2.38. The predicted molar refractivity (Wildman–Crippen MR) is 163 cm³/mol. The van der Waals surface area contributed by atoms with Gasteiger partial charge in [-0.15, -0.1) is 0 Å². The number of hydrogen-bond acceptors (Lipinski definition) is 6. The number of ether oxygens (including phenoxy) is 2. The third-order valence-corrected chi connectivity index (χ3v) is 7.35. The van der Waals surface area contributed by atoms with Crippen LogP contribution in [0.3, 0.4) is 0 Å². The van der Waals surface area contributed by atoms with E-state index in [0.29, 0.717) is 19.4 Å². The molecule has 224 valence electrons. The van der Waals surface area contributed by atoms with Crippen molar-refractivity contribution in [3.05, 3.63) is 101 Å². The fourth-order valence-corrected chi connectivity index (χ4v) is 5.14. The maximum Gasteiger partial charge on any atom is 0.224 e. The summed E-state index contributed by atoms with van der Waals surface area (Å²) in [5.74, 6) is -0.0568. The molecule has 2 amide bonds. The van der Waals surface area contributed by atoms with Gasteiger partial charge in [-0.3, -0.25) is 14.5 Å². The smallest absolute Gasteiger partial charge is 0.224 e. The van der Waals surface area contributed by atoms with Crippen molar-refractivity contribution in [2.75, 3.05) is 25.5 Å². The first-order chi connectivity index (χ1) is 20.4. The van der Waals surface area contributed by atoms with Crippen molar-refractivity contribution in [1.29, 1.82) is 0 Å². The van der Waals surface area contributed by atoms with E-state index in [4.69, 9.17) is 9.47 Å². The Morgan fingerprint density at radius 2 is 1.60 bits per heavy atom. The maximum absolute atomic E-state index is 12.4. The second-order valence-corrected chi connectivity index (χ2v) is 11.0. The summed E-state index contributed by atoms with van der Waals surface area (Å²) < 4.78 is 12.9. The number of aliphatic hydroxyl groups is 1. The van der Waals surface area contributed by atoms with Gasteiger partial charge in [-0.1, -0.05) is 73.2 Å². The minimum Gasteiger partial charge on any atom is -0.392 e. The highest BCUT2D eigenvalue weighted by Crippen LogP contribution is 2.38. The van der Waals surface area contributed by atoms with E-state index in [9.17, 15) is 14.7 Å². The van der Waals surface area contributed by atoms with E-state index >= 15 is 0 Å². The van der Waals surface area contributed by atoms with Gasteiger partial charge in [0.2, 0.25) is 11.8 Å². The molecule has 3 atom stereocenters. The standard InChI is InChI=1S/C34H43N3O5/c1-25(39)35-20-8-4-7-11-33(40)36-30-18-16-29(17-19-30)34-41-31(23-37(2)22-26-9-5-3-6-10-26)21-32(42-34)28-14-12-27(24-38)13-15-28/h3,5-6,9-10,12-19,31-32,34,38H,4,7-8,11,20-24H2,1-2H3,(H,35,39)(H,36,40). The van der Waals surface area contributed by atoms with Gasteiger partial charge < -0.3 is 25.2 Å². The number of hydrogen-bond donors (Lipinski definition) is 3. The Morgan fingerprint density at radius 3 is 2.29 bits per heavy atom. The zero-order chi connectivity index (χ0) is 29.7. The molecular weight excluding hydrogens is 530 g/mol. The molecule has 0 aliphatic carbocycles. The van der Waals surface area contributed by atoms with Crippen LogP contribution in [-0.4, -0.2) is 48.1 Å². The summed E-state index contributed by atoms with van der Waals surface area (Å²) in [5, 5.41) is 15.2. The average Bonchev–Trinajstić information content (AvgIpc) is 2.99. The van der Waals surface area contributed by atoms with E-state index in [0.717, 1.165) is 54.7 Å². The molecule has 0 aromatic heterocycles. The number of aliphatic hydroxyl groups excluding tert-OH is 1. The molecule has 8 nitrogen and oxygen atoms in total. The van der Waals surface area contributed by atoms with Crippen LogP contribution < -0.4 is 10.6 Å². The van der Waals surface area contributed by atoms with Crippen LogP contribution in [0.25, 0.3) is 0 Å². The first kappa shape index (κ1) is 31.4. The Morgan fingerprint density at radius 1 is 0.881 bits per heavy atom. The number of carbonyl (C=O) groups is 2. The van der Waals surface area contributed by atoms with Gasteiger partial charge in [0.05, 0.1) is 18.8 Å². The lowest BCUT2D eigenvalue weighted by Crippen LogP contribution is -2.37. The second-order valence-electron chi connectivity index (χ2n) is 11.0. The molecule has 1 aliphatic rings. The van der Waals surface area contributed by atoms with E-state index in [1.807, 2.05) is 54.6 Å². The molecule has 3 unspecified atom stereocenters. The van der Waals surface area contributed by atoms with Crippen molar-refractivity contribution < 1.29 is 24.2 Å². The van der Waals surface area contributed by atoms with E-state index in [-0.39, 0.29) is 30.6 Å². The Hall–Kier alpha value is -3.56. The lowest BCUT2D eigenvalue weighted by molar-refractivity contribution is -0.252. The highest BCUT2D eigenvalue weighted by atomic mass is 16.7. The molecule has 0 saturated carbocycles. The van der Waals surface area contributed by atoms with Crippen LogP contribution in [0.15, 0.2) is 78.9 Å². The minimum atomic E-state index is -0.551. The van der Waals surface area contributed by atoms with E-state index in [2.05, 4.69) is 46.8 Å². The number of benzene rings is 3. The van der Waals surface area contributed by atoms with E-state index < -0.39 is 6.29 Å². The molecule has 1 fully saturated rings. The zero-order valence-corrected chi connectivity index (χ0v) is 24.6. The number of carbonyl (C=O) groups excluding carboxylic acids is 2. The molecular formula is C34H43N3O5. The fourth-order valence-electron chi connectivity index (χ4n) is 5.14. The molecule has 8 heteroatoms. The fraction of sp³-hybridized carbons (Fsp3) is 0.412. The van der Waals surface area contributed by atoms with Gasteiger partial charge in [0.15, 0.2) is 6.29 Å². The second kappa shape index (κ2) is 16.2. The van der Waals surface area contributed by atoms with Gasteiger partial charge in [-0.2, -0.15) is 0 Å². The topological polar surface area (TPSA) is 100 Å². The summed E-state index contributed by atoms with van der Waals surface area (Å²) in [5.41, 5.74) is 4.79. The van der Waals surface area contributed by atoms with Crippen molar-refractivity contribution in [3.8, 4) is 0 Å². The Kier molecular flexibility index (Phi) is 12.1. The number of rotatable bonds is 14. The van der Waals surface area contributed by atoms with Crippen molar-refractivity contribution in [1.82, 2.24) is 10.2 Å². The molecule has 0 bridgehead atoms. The molecule has 0 radical (unpaired) electrons. The average molecular weight is 574 g/mol. The van der Waals surface area contributed by atoms with Crippen molar-refractivity contribution in [2.45, 2.75) is 70.7 Å². The van der Waals surface area contributed by atoms with Crippen molar-refractivity contribution >= 4 is 17.5 Å². The number of likely N-dealkylation sites (N-methyl/N-ethyl adjacent to an activating group) is 1. The zero-order valence-electron chi connectivity index (χ0n) is 24.6. The highest BCUT2D eigenvalue weighted by molar-refractivity contribution is 5.90. The maximum atomic E-state index is 12.4. The molecule has 1 saturated heterocycles. The summed E-state index contributed by atoms with van der Waals surface area (Å²) in [6.45, 7) is 3.73. The summed E-state index contributed by atoms with van der Waals surface area (Å²) in [6.07, 6.45) is 2.91. The minimum absolute atomic E-state index is 0.00589. The van der Waals surface area contributed by atoms with Crippen LogP contribution in [-0.2, 0) is 32.2 Å². The third kappa shape index (κ3) is 10.1. The number of nitrogens with one attached hydrogen (secondary N) is 2. The van der Waals surface area contributed by atoms with Crippen LogP contribution >= 0.6 is 0 Å². The first-order valence-corrected chi connectivity index (χ1v) is 14.8. The molecule has 3 N–H and O–H groups in total. The molecule has 3 aromatic rings. The SMILES string of the molecule is CC(=O)NCCCCCC(=O)Nc1ccc(C2OC(CN(C)Cc3ccccc3)CC(c3ccc(CO)cc3)O2)cc1. The van der Waals surface area contributed by atoms with Crippen LogP contribution in [0.2, 0.25) is 0 Å². The third-order valence-electron chi connectivity index (χ3n) is 7.35. The molecule has 4 rings (SSSR count). The molecule has 1 heterocycles. The van der Waals surface area contributed by atoms with E-state index in [1.165, 1.54) is 12.5 Å². The van der Waals surface area contributed by atoms with E-state index in [1.54, 1.807) is 0 Å². The number of nitrogens with zero attached hydrogens (tertiary/aromatic N) is 1. The summed E-state index contributed by atoms with van der Waals surface area (Å²) in [7, 11) is 2.10. The molecule has 1 aliphatic heterocycles. The molecule has 42 heavy (non-hydrogen) atoms. The van der Waals surface area contributed by atoms with Gasteiger partial charge in [0.1, 0.15) is 0 Å². The Bertz CT molecular complexity index is 1250. The van der Waals surface area contributed by atoms with Gasteiger partial charge in [-0.05, 0) is 48.7 Å². The van der Waals surface area contributed by atoms with Gasteiger partial charge in [-0.25, -0.2) is 0 Å². The normalized spacial score (nSPS) is 18.5. The Balaban J connectivity index is 1.36. The van der Waals surface area contributed by atoms with Gasteiger partial charge in [0, 0.05) is 50.7 Å². The number of amides is 2. The van der Waals surface area contributed by atoms with Crippen LogP contribution in [0, 0.1) is 0 Å². The predicted octanol–water partition coefficient (Wildman–Crippen LogP) is 5.49. The first-order valence-electron chi connectivity index (χ1n) is 14.8. The summed E-state index contributed by atoms with van der Waals surface area (Å²) in [6, 6.07) is 25.9. The van der Waals surface area contributed by atoms with Gasteiger partial charge >= 0.3 is 0 Å². The Labute approximate surface area is 249 Å². The monoisotopic (exact) mass is 573 g/mol. The van der Waals surface area contributed by atoms with Crippen molar-refractivity contribution in [2.24, 2.45) is 0 Å². The van der Waals surface area contributed by atoms with Crippen LogP contribution in [0.4, 0.5) is 5.69 Å². The van der Waals surface area contributed by atoms with Crippen molar-refractivity contribution in [3.63, 3.8) is 0 Å². The number of anilines is 1. The van der Waals surface area contributed by atoms with Crippen LogP contribution in [0.5, 0.6) is 0 Å². The largest absolute Gasteiger partial charge is 0.392 e. The lowest BCUT2D eigenvalue weighted by atomic mass is 9.99. The quantitative estimate of drug-likeness (QED) is 0.221. The highest BCUT2D eigenvalue weighted by Gasteiger charge is 2.32. The summed E-state index contributed by atoms with van der Waals surface area (Å²) >= 11 is 0. The van der Waals surface area contributed by atoms with Crippen LogP contribution in [0.1, 0.15) is 73.7 Å². The number of unbranched alkanes of at least 4 members (excludes halogenated alkanes) is 2. The summed E-state index contributed by atoms with van der Waals surface area (Å²) in [4.78, 5) is 25.6. The molecule has 0 spiro atoms. The molecule has 3 aromatic carbocycles. The van der Waals surface area contributed by atoms with Gasteiger partial charge in [0.25, 0.3) is 0 Å².